The van der Waals surface area contributed by atoms with Gasteiger partial charge in [-0.3, -0.25) is 9.36 Å². The molecular weight excluding hydrogens is 700 g/mol. The number of hydrogen-bond donors (Lipinski definition) is 0. The number of ketones is 1. The zero-order valence-corrected chi connectivity index (χ0v) is 39.1. The summed E-state index contributed by atoms with van der Waals surface area (Å²) in [4.78, 5) is 13.5. The van der Waals surface area contributed by atoms with E-state index in [0.29, 0.717) is 11.8 Å². The molecule has 3 saturated carbocycles. The molecule has 9 heteroatoms. The van der Waals surface area contributed by atoms with Crippen LogP contribution in [0.25, 0.3) is 0 Å². The smallest absolute Gasteiger partial charge is 0.343 e. The van der Waals surface area contributed by atoms with Gasteiger partial charge in [-0.05, 0) is 143 Å². The van der Waals surface area contributed by atoms with Crippen molar-refractivity contribution in [2.24, 2.45) is 23.2 Å². The van der Waals surface area contributed by atoms with E-state index in [0.717, 1.165) is 37.7 Å². The van der Waals surface area contributed by atoms with E-state index in [1.54, 1.807) is 39.3 Å². The fraction of sp³-hybridized carbons (Fsp3) is 0.791. The highest BCUT2D eigenvalue weighted by Gasteiger charge is 2.51. The average Bonchev–Trinajstić information content (AvgIpc) is 3.36. The molecule has 6 nitrogen and oxygen atoms in total. The van der Waals surface area contributed by atoms with E-state index >= 15 is 0 Å². The van der Waals surface area contributed by atoms with Crippen LogP contribution in [-0.4, -0.2) is 53.0 Å². The van der Waals surface area contributed by atoms with Crippen LogP contribution in [0.4, 0.5) is 0 Å². The number of carbonyl (C=O) groups excluding carboxylic acids is 1. The topological polar surface area (TPSA) is 71.1 Å². The summed E-state index contributed by atoms with van der Waals surface area (Å²) in [6, 6.07) is 0. The van der Waals surface area contributed by atoms with Gasteiger partial charge in [0.2, 0.25) is 0 Å². The lowest BCUT2D eigenvalue weighted by atomic mass is 9.61. The summed E-state index contributed by atoms with van der Waals surface area (Å²) in [7, 11) is -7.62. The van der Waals surface area contributed by atoms with Crippen molar-refractivity contribution in [1.82, 2.24) is 0 Å². The number of fused-ring (bicyclic) bond motifs is 1. The highest BCUT2D eigenvalue weighted by Crippen LogP contribution is 2.61. The first kappa shape index (κ1) is 45.5. The van der Waals surface area contributed by atoms with E-state index in [4.69, 9.17) is 17.9 Å². The molecular formula is C43H77O6PSi2. The van der Waals surface area contributed by atoms with Crippen molar-refractivity contribution < 1.29 is 27.3 Å². The third-order valence-electron chi connectivity index (χ3n) is 13.8. The van der Waals surface area contributed by atoms with Gasteiger partial charge >= 0.3 is 7.60 Å². The monoisotopic (exact) mass is 776 g/mol. The van der Waals surface area contributed by atoms with Gasteiger partial charge in [0.15, 0.2) is 22.4 Å². The van der Waals surface area contributed by atoms with Crippen molar-refractivity contribution in [1.29, 1.82) is 0 Å². The number of hydrogen-bond acceptors (Lipinski definition) is 6. The van der Waals surface area contributed by atoms with Crippen LogP contribution in [0.3, 0.4) is 0 Å². The van der Waals surface area contributed by atoms with Crippen molar-refractivity contribution in [3.05, 3.63) is 47.6 Å². The van der Waals surface area contributed by atoms with Crippen molar-refractivity contribution in [2.45, 2.75) is 182 Å². The Morgan fingerprint density at radius 1 is 0.942 bits per heavy atom. The predicted molar refractivity (Wildman–Crippen MR) is 225 cm³/mol. The minimum absolute atomic E-state index is 0.0298. The molecule has 0 spiro atoms. The van der Waals surface area contributed by atoms with Crippen LogP contribution >= 0.6 is 7.60 Å². The van der Waals surface area contributed by atoms with Crippen molar-refractivity contribution in [3.63, 3.8) is 0 Å². The normalized spacial score (nSPS) is 29.3. The minimum atomic E-state index is -3.61. The molecule has 298 valence electrons. The molecule has 52 heavy (non-hydrogen) atoms. The van der Waals surface area contributed by atoms with Gasteiger partial charge in [0.1, 0.15) is 5.16 Å². The van der Waals surface area contributed by atoms with E-state index < -0.39 is 29.4 Å². The van der Waals surface area contributed by atoms with Gasteiger partial charge in [0.05, 0.1) is 25.4 Å². The summed E-state index contributed by atoms with van der Waals surface area (Å²) < 4.78 is 38.9. The van der Waals surface area contributed by atoms with Crippen LogP contribution < -0.4 is 0 Å². The number of rotatable bonds is 14. The summed E-state index contributed by atoms with van der Waals surface area (Å²) in [5, 5.41) is -1.000. The molecule has 0 aromatic carbocycles. The van der Waals surface area contributed by atoms with Crippen molar-refractivity contribution in [2.75, 3.05) is 13.2 Å². The standard InChI is InChI=1S/C43H77O6PSi2/c1-18-46-50(45,47-19-2)42(11,12)39(44)27-22-31(3)36-25-26-37-33(21-20-28-43(36,37)13)23-24-34-29-35(48-51(14,15)40(5,6)7)30-38(32(34)4)49-52(16,17)41(8,9)10/h22-24,27,31,35-38H,4,18-21,25-26,28-30H2,1-3,5-17H3/t31-,35-,36-,37?,38+,43-/m1/s1. The number of carbonyl (C=O) groups is 1. The van der Waals surface area contributed by atoms with E-state index in [1.807, 2.05) is 0 Å². The maximum absolute atomic E-state index is 13.6. The summed E-state index contributed by atoms with van der Waals surface area (Å²) in [5.41, 5.74) is 4.11. The van der Waals surface area contributed by atoms with Crippen LogP contribution in [0.1, 0.15) is 128 Å². The van der Waals surface area contributed by atoms with Crippen LogP contribution in [0.15, 0.2) is 47.6 Å². The van der Waals surface area contributed by atoms with Gasteiger partial charge in [-0.1, -0.05) is 85.8 Å². The maximum atomic E-state index is 13.6. The second-order valence-corrected chi connectivity index (χ2v) is 32.0. The molecule has 0 radical (unpaired) electrons. The molecule has 3 fully saturated rings. The summed E-state index contributed by atoms with van der Waals surface area (Å²) in [6.45, 7) is 40.1. The Morgan fingerprint density at radius 2 is 1.50 bits per heavy atom. The maximum Gasteiger partial charge on any atom is 0.343 e. The summed E-state index contributed by atoms with van der Waals surface area (Å²) in [6.07, 6.45) is 16.1. The second kappa shape index (κ2) is 16.7. The van der Waals surface area contributed by atoms with Gasteiger partial charge in [0, 0.05) is 6.42 Å². The van der Waals surface area contributed by atoms with Crippen LogP contribution in [0, 0.1) is 23.2 Å². The SMILES string of the molecule is C=C1C(=CC=C2CCC[C@@]3(C)C2CC[C@@H]3[C@H](C)C=CC(=O)C(C)(C)P(=O)(OCC)OCC)C[C@@H](O[Si](C)(C)C(C)(C)C)C[C@@H]1O[Si](C)(C)C(C)(C)C. The third kappa shape index (κ3) is 9.74. The molecule has 3 aliphatic rings. The Morgan fingerprint density at radius 3 is 2.04 bits per heavy atom. The van der Waals surface area contributed by atoms with Crippen molar-refractivity contribution in [3.8, 4) is 0 Å². The Kier molecular flexibility index (Phi) is 14.6. The fourth-order valence-corrected chi connectivity index (χ4v) is 12.7. The van der Waals surface area contributed by atoms with Crippen LogP contribution in [0.2, 0.25) is 36.3 Å². The average molecular weight is 777 g/mol. The molecule has 0 bridgehead atoms. The molecule has 3 rings (SSSR count). The molecule has 0 amide bonds. The first-order valence-electron chi connectivity index (χ1n) is 20.2. The second-order valence-electron chi connectivity index (χ2n) is 19.8. The lowest BCUT2D eigenvalue weighted by molar-refractivity contribution is -0.116. The Bertz CT molecular complexity index is 1420. The minimum Gasteiger partial charge on any atom is -0.413 e. The Hall–Kier alpha value is -0.866. The first-order chi connectivity index (χ1) is 23.7. The van der Waals surface area contributed by atoms with E-state index in [9.17, 15) is 9.36 Å². The van der Waals surface area contributed by atoms with E-state index in [-0.39, 0.29) is 52.6 Å². The molecule has 0 N–H and O–H groups in total. The summed E-state index contributed by atoms with van der Waals surface area (Å²) in [5.74, 6) is 0.976. The molecule has 6 atom stereocenters. The quantitative estimate of drug-likeness (QED) is 0.0994. The van der Waals surface area contributed by atoms with E-state index in [2.05, 4.69) is 106 Å². The zero-order chi connectivity index (χ0) is 39.7. The third-order valence-corrected chi connectivity index (χ3v) is 25.7. The molecule has 3 aliphatic carbocycles. The predicted octanol–water partition coefficient (Wildman–Crippen LogP) is 13.0. The molecule has 0 aromatic rings. The van der Waals surface area contributed by atoms with Crippen LogP contribution in [0.5, 0.6) is 0 Å². The lowest BCUT2D eigenvalue weighted by Gasteiger charge is -2.45. The Balaban J connectivity index is 1.88. The van der Waals surface area contributed by atoms with Gasteiger partial charge < -0.3 is 17.9 Å². The zero-order valence-electron chi connectivity index (χ0n) is 36.2. The van der Waals surface area contributed by atoms with Gasteiger partial charge in [-0.25, -0.2) is 0 Å². The lowest BCUT2D eigenvalue weighted by Crippen LogP contribution is -2.49. The van der Waals surface area contributed by atoms with Crippen LogP contribution in [-0.2, 0) is 27.3 Å². The Labute approximate surface area is 321 Å². The number of allylic oxidation sites excluding steroid dienone is 5. The van der Waals surface area contributed by atoms with Gasteiger partial charge in [0.25, 0.3) is 0 Å². The fourth-order valence-electron chi connectivity index (χ4n) is 8.32. The first-order valence-corrected chi connectivity index (χ1v) is 27.6. The highest BCUT2D eigenvalue weighted by molar-refractivity contribution is 7.56. The highest BCUT2D eigenvalue weighted by atomic mass is 31.2. The van der Waals surface area contributed by atoms with Gasteiger partial charge in [-0.15, -0.1) is 0 Å². The molecule has 0 heterocycles. The molecule has 0 aromatic heterocycles. The largest absolute Gasteiger partial charge is 0.413 e. The van der Waals surface area contributed by atoms with Crippen molar-refractivity contribution >= 4 is 30.0 Å². The molecule has 1 unspecified atom stereocenters. The molecule has 0 saturated heterocycles. The van der Waals surface area contributed by atoms with E-state index in [1.165, 1.54) is 18.4 Å². The molecule has 0 aliphatic heterocycles. The van der Waals surface area contributed by atoms with Gasteiger partial charge in [-0.2, -0.15) is 0 Å². The summed E-state index contributed by atoms with van der Waals surface area (Å²) >= 11 is 0.